The Kier molecular flexibility index (Phi) is 5.43. The van der Waals surface area contributed by atoms with E-state index in [-0.39, 0.29) is 18.7 Å². The molecule has 8 nitrogen and oxygen atoms in total. The average molecular weight is 358 g/mol. The predicted octanol–water partition coefficient (Wildman–Crippen LogP) is -0.213. The molecule has 138 valence electrons. The zero-order valence-corrected chi connectivity index (χ0v) is 14.6. The van der Waals surface area contributed by atoms with Crippen LogP contribution in [0.15, 0.2) is 18.2 Å². The van der Waals surface area contributed by atoms with Gasteiger partial charge >= 0.3 is 0 Å². The zero-order chi connectivity index (χ0) is 18.7. The SMILES string of the molecule is CCNCCNCc1cccc2c1C(=O)N(C1CCC(=O)NC1=O)C2=O. The molecule has 8 heteroatoms. The Bertz CT molecular complexity index is 762. The molecule has 2 heterocycles. The first-order chi connectivity index (χ1) is 12.5. The number of benzene rings is 1. The van der Waals surface area contributed by atoms with Gasteiger partial charge < -0.3 is 10.6 Å². The summed E-state index contributed by atoms with van der Waals surface area (Å²) in [5, 5.41) is 8.64. The minimum Gasteiger partial charge on any atom is -0.316 e. The second-order valence-electron chi connectivity index (χ2n) is 6.32. The Hall–Kier alpha value is -2.58. The van der Waals surface area contributed by atoms with Gasteiger partial charge in [-0.3, -0.25) is 29.4 Å². The number of fused-ring (bicyclic) bond motifs is 1. The van der Waals surface area contributed by atoms with Gasteiger partial charge in [-0.2, -0.15) is 0 Å². The number of likely N-dealkylation sites (N-methyl/N-ethyl adjacent to an activating group) is 1. The molecule has 0 saturated carbocycles. The molecule has 1 atom stereocenters. The topological polar surface area (TPSA) is 108 Å². The van der Waals surface area contributed by atoms with Crippen LogP contribution in [0.2, 0.25) is 0 Å². The molecular formula is C18H22N4O4. The summed E-state index contributed by atoms with van der Waals surface area (Å²) < 4.78 is 0. The second kappa shape index (κ2) is 7.76. The number of rotatable bonds is 7. The summed E-state index contributed by atoms with van der Waals surface area (Å²) in [4.78, 5) is 50.0. The van der Waals surface area contributed by atoms with E-state index in [4.69, 9.17) is 0 Å². The smallest absolute Gasteiger partial charge is 0.262 e. The molecule has 1 fully saturated rings. The Morgan fingerprint density at radius 3 is 2.62 bits per heavy atom. The largest absolute Gasteiger partial charge is 0.316 e. The highest BCUT2D eigenvalue weighted by molar-refractivity contribution is 6.24. The summed E-state index contributed by atoms with van der Waals surface area (Å²) in [5.41, 5.74) is 1.39. The Balaban J connectivity index is 1.78. The molecule has 26 heavy (non-hydrogen) atoms. The van der Waals surface area contributed by atoms with Crippen LogP contribution in [0.3, 0.4) is 0 Å². The van der Waals surface area contributed by atoms with E-state index in [2.05, 4.69) is 16.0 Å². The molecule has 0 aromatic heterocycles. The van der Waals surface area contributed by atoms with Crippen molar-refractivity contribution in [2.24, 2.45) is 0 Å². The second-order valence-corrected chi connectivity index (χ2v) is 6.32. The van der Waals surface area contributed by atoms with Crippen molar-refractivity contribution >= 4 is 23.6 Å². The number of nitrogens with one attached hydrogen (secondary N) is 3. The number of piperidine rings is 1. The molecule has 1 saturated heterocycles. The van der Waals surface area contributed by atoms with Crippen LogP contribution < -0.4 is 16.0 Å². The first-order valence-corrected chi connectivity index (χ1v) is 8.79. The van der Waals surface area contributed by atoms with E-state index < -0.39 is 23.8 Å². The maximum absolute atomic E-state index is 12.9. The van der Waals surface area contributed by atoms with Crippen molar-refractivity contribution in [1.29, 1.82) is 0 Å². The lowest BCUT2D eigenvalue weighted by atomic mass is 10.0. The van der Waals surface area contributed by atoms with Crippen molar-refractivity contribution in [2.45, 2.75) is 32.4 Å². The third kappa shape index (κ3) is 3.38. The number of carbonyl (C=O) groups is 4. The van der Waals surface area contributed by atoms with Gasteiger partial charge in [-0.15, -0.1) is 0 Å². The summed E-state index contributed by atoms with van der Waals surface area (Å²) in [6.45, 7) is 4.91. The maximum atomic E-state index is 12.9. The van der Waals surface area contributed by atoms with Crippen LogP contribution in [0.4, 0.5) is 0 Å². The van der Waals surface area contributed by atoms with Gasteiger partial charge in [0, 0.05) is 26.1 Å². The van der Waals surface area contributed by atoms with Crippen molar-refractivity contribution in [3.05, 3.63) is 34.9 Å². The van der Waals surface area contributed by atoms with E-state index in [1.54, 1.807) is 18.2 Å². The van der Waals surface area contributed by atoms with Crippen LogP contribution in [-0.4, -0.2) is 54.2 Å². The highest BCUT2D eigenvalue weighted by atomic mass is 16.2. The van der Waals surface area contributed by atoms with Crippen molar-refractivity contribution in [3.63, 3.8) is 0 Å². The number of imide groups is 2. The fourth-order valence-electron chi connectivity index (χ4n) is 3.31. The molecule has 1 aromatic rings. The van der Waals surface area contributed by atoms with Gasteiger partial charge in [0.05, 0.1) is 11.1 Å². The molecule has 2 aliphatic heterocycles. The lowest BCUT2D eigenvalue weighted by Crippen LogP contribution is -2.54. The minimum atomic E-state index is -0.935. The minimum absolute atomic E-state index is 0.114. The van der Waals surface area contributed by atoms with E-state index in [0.29, 0.717) is 17.7 Å². The van der Waals surface area contributed by atoms with Gasteiger partial charge in [-0.1, -0.05) is 19.1 Å². The predicted molar refractivity (Wildman–Crippen MR) is 93.4 cm³/mol. The molecule has 1 aromatic carbocycles. The van der Waals surface area contributed by atoms with Gasteiger partial charge in [0.25, 0.3) is 11.8 Å². The fraction of sp³-hybridized carbons (Fsp3) is 0.444. The van der Waals surface area contributed by atoms with Crippen LogP contribution in [0.5, 0.6) is 0 Å². The van der Waals surface area contributed by atoms with E-state index in [1.807, 2.05) is 6.92 Å². The molecule has 4 amide bonds. The van der Waals surface area contributed by atoms with E-state index in [1.165, 1.54) is 0 Å². The lowest BCUT2D eigenvalue weighted by Gasteiger charge is -2.27. The Labute approximate surface area is 151 Å². The summed E-state index contributed by atoms with van der Waals surface area (Å²) in [5.74, 6) is -1.92. The number of amides is 4. The molecule has 0 radical (unpaired) electrons. The molecule has 0 bridgehead atoms. The van der Waals surface area contributed by atoms with Gasteiger partial charge in [-0.25, -0.2) is 0 Å². The lowest BCUT2D eigenvalue weighted by molar-refractivity contribution is -0.136. The number of carbonyl (C=O) groups excluding carboxylic acids is 4. The average Bonchev–Trinajstić information content (AvgIpc) is 2.87. The maximum Gasteiger partial charge on any atom is 0.262 e. The number of hydrogen-bond acceptors (Lipinski definition) is 6. The van der Waals surface area contributed by atoms with E-state index in [9.17, 15) is 19.2 Å². The first-order valence-electron chi connectivity index (χ1n) is 8.79. The molecule has 3 rings (SSSR count). The number of nitrogens with zero attached hydrogens (tertiary/aromatic N) is 1. The Morgan fingerprint density at radius 1 is 1.12 bits per heavy atom. The summed E-state index contributed by atoms with van der Waals surface area (Å²) in [6, 6.07) is 4.20. The van der Waals surface area contributed by atoms with E-state index in [0.717, 1.165) is 30.1 Å². The third-order valence-corrected chi connectivity index (χ3v) is 4.60. The molecular weight excluding hydrogens is 336 g/mol. The van der Waals surface area contributed by atoms with Crippen LogP contribution >= 0.6 is 0 Å². The standard InChI is InChI=1S/C18H22N4O4/c1-2-19-8-9-20-10-11-4-3-5-12-15(11)18(26)22(17(12)25)13-6-7-14(23)21-16(13)24/h3-5,13,19-20H,2,6-10H2,1H3,(H,21,23,24). The molecule has 0 spiro atoms. The fourth-order valence-corrected chi connectivity index (χ4v) is 3.31. The van der Waals surface area contributed by atoms with Gasteiger partial charge in [-0.05, 0) is 24.6 Å². The van der Waals surface area contributed by atoms with Crippen molar-refractivity contribution < 1.29 is 19.2 Å². The number of hydrogen-bond donors (Lipinski definition) is 3. The van der Waals surface area contributed by atoms with Gasteiger partial charge in [0.1, 0.15) is 6.04 Å². The monoisotopic (exact) mass is 358 g/mol. The van der Waals surface area contributed by atoms with Crippen molar-refractivity contribution in [3.8, 4) is 0 Å². The summed E-state index contributed by atoms with van der Waals surface area (Å²) >= 11 is 0. The first kappa shape index (κ1) is 18.2. The zero-order valence-electron chi connectivity index (χ0n) is 14.6. The molecule has 1 unspecified atom stereocenters. The Morgan fingerprint density at radius 2 is 1.88 bits per heavy atom. The molecule has 2 aliphatic rings. The molecule has 0 aliphatic carbocycles. The quantitative estimate of drug-likeness (QED) is 0.460. The van der Waals surface area contributed by atoms with Crippen LogP contribution in [0, 0.1) is 0 Å². The normalized spacial score (nSPS) is 19.7. The van der Waals surface area contributed by atoms with Crippen LogP contribution in [-0.2, 0) is 16.1 Å². The van der Waals surface area contributed by atoms with Crippen molar-refractivity contribution in [2.75, 3.05) is 19.6 Å². The summed E-state index contributed by atoms with van der Waals surface area (Å²) in [7, 11) is 0. The van der Waals surface area contributed by atoms with Crippen LogP contribution in [0.1, 0.15) is 46.0 Å². The van der Waals surface area contributed by atoms with Gasteiger partial charge in [0.15, 0.2) is 0 Å². The van der Waals surface area contributed by atoms with Crippen molar-refractivity contribution in [1.82, 2.24) is 20.9 Å². The van der Waals surface area contributed by atoms with Gasteiger partial charge in [0.2, 0.25) is 11.8 Å². The van der Waals surface area contributed by atoms with E-state index >= 15 is 0 Å². The van der Waals surface area contributed by atoms with Crippen LogP contribution in [0.25, 0.3) is 0 Å². The highest BCUT2D eigenvalue weighted by Crippen LogP contribution is 2.29. The molecule has 3 N–H and O–H groups in total. The highest BCUT2D eigenvalue weighted by Gasteiger charge is 2.45. The third-order valence-electron chi connectivity index (χ3n) is 4.60. The summed E-state index contributed by atoms with van der Waals surface area (Å²) in [6.07, 6.45) is 0.273.